The van der Waals surface area contributed by atoms with Crippen LogP contribution in [-0.2, 0) is 4.79 Å². The zero-order valence-electron chi connectivity index (χ0n) is 10.5. The summed E-state index contributed by atoms with van der Waals surface area (Å²) in [6.45, 7) is 0. The van der Waals surface area contributed by atoms with Crippen LogP contribution in [0, 0.1) is 0 Å². The smallest absolute Gasteiger partial charge is 0.308 e. The van der Waals surface area contributed by atoms with Crippen molar-refractivity contribution < 1.29 is 14.4 Å². The van der Waals surface area contributed by atoms with E-state index >= 15 is 0 Å². The molecule has 0 aromatic heterocycles. The monoisotopic (exact) mass is 268 g/mol. The summed E-state index contributed by atoms with van der Waals surface area (Å²) in [5, 5.41) is 4.41. The van der Waals surface area contributed by atoms with Gasteiger partial charge in [-0.05, 0) is 12.1 Å². The van der Waals surface area contributed by atoms with Crippen molar-refractivity contribution in [2.45, 2.75) is 0 Å². The Balaban J connectivity index is 2.19. The lowest BCUT2D eigenvalue weighted by atomic mass is 10.0. The molecule has 0 unspecified atom stereocenters. The molecule has 0 saturated carbocycles. The molecule has 2 aromatic rings. The number of hydrogen-bond donors (Lipinski definition) is 2. The maximum absolute atomic E-state index is 12.2. The number of urea groups is 1. The molecule has 3 amide bonds. The van der Waals surface area contributed by atoms with Crippen molar-refractivity contribution in [2.24, 2.45) is 0 Å². The van der Waals surface area contributed by atoms with Crippen molar-refractivity contribution >= 4 is 23.9 Å². The Morgan fingerprint density at radius 2 is 1.60 bits per heavy atom. The first-order chi connectivity index (χ1) is 9.70. The van der Waals surface area contributed by atoms with E-state index in [1.807, 2.05) is 11.4 Å². The van der Waals surface area contributed by atoms with Crippen molar-refractivity contribution in [3.63, 3.8) is 0 Å². The topological polar surface area (TPSA) is 75.3 Å². The van der Waals surface area contributed by atoms with E-state index in [-0.39, 0.29) is 12.2 Å². The van der Waals surface area contributed by atoms with Crippen molar-refractivity contribution in [1.29, 1.82) is 0 Å². The first-order valence-corrected chi connectivity index (χ1v) is 5.91. The van der Waals surface area contributed by atoms with Crippen LogP contribution in [-0.4, -0.2) is 18.2 Å². The molecule has 20 heavy (non-hydrogen) atoms. The predicted molar refractivity (Wildman–Crippen MR) is 74.5 cm³/mol. The van der Waals surface area contributed by atoms with Crippen molar-refractivity contribution in [2.75, 3.05) is 5.32 Å². The molecule has 0 aliphatic heterocycles. The lowest BCUT2D eigenvalue weighted by molar-refractivity contribution is -0.108. The van der Waals surface area contributed by atoms with Gasteiger partial charge in [0.15, 0.2) is 5.78 Å². The molecule has 5 heteroatoms. The minimum atomic E-state index is -0.649. The summed E-state index contributed by atoms with van der Waals surface area (Å²) in [6, 6.07) is 14.7. The highest BCUT2D eigenvalue weighted by molar-refractivity contribution is 6.09. The molecule has 2 rings (SSSR count). The molecule has 5 nitrogen and oxygen atoms in total. The second kappa shape index (κ2) is 6.29. The van der Waals surface area contributed by atoms with Crippen LogP contribution in [0.4, 0.5) is 10.5 Å². The first-order valence-electron chi connectivity index (χ1n) is 5.91. The van der Waals surface area contributed by atoms with E-state index in [4.69, 9.17) is 0 Å². The number of benzene rings is 2. The molecule has 0 radical (unpaired) electrons. The zero-order chi connectivity index (χ0) is 14.4. The summed E-state index contributed by atoms with van der Waals surface area (Å²) in [4.78, 5) is 33.6. The highest BCUT2D eigenvalue weighted by atomic mass is 16.2. The molecule has 0 bridgehead atoms. The average Bonchev–Trinajstić information content (AvgIpc) is 2.48. The van der Waals surface area contributed by atoms with Gasteiger partial charge in [-0.3, -0.25) is 14.9 Å². The number of imide groups is 1. The molecule has 0 atom stereocenters. The van der Waals surface area contributed by atoms with Gasteiger partial charge in [-0.25, -0.2) is 4.79 Å². The van der Waals surface area contributed by atoms with E-state index in [1.165, 1.54) is 0 Å². The number of carbonyl (C=O) groups is 3. The normalized spacial score (nSPS) is 9.60. The molecule has 0 heterocycles. The Kier molecular flexibility index (Phi) is 4.24. The SMILES string of the molecule is O=CNC(=O)Nc1cccc(C(=O)c2ccccc2)c1. The van der Waals surface area contributed by atoms with Crippen LogP contribution < -0.4 is 10.6 Å². The van der Waals surface area contributed by atoms with Gasteiger partial charge in [0.25, 0.3) is 0 Å². The minimum Gasteiger partial charge on any atom is -0.308 e. The first kappa shape index (κ1) is 13.5. The van der Waals surface area contributed by atoms with Crippen LogP contribution >= 0.6 is 0 Å². The van der Waals surface area contributed by atoms with Crippen LogP contribution in [0.25, 0.3) is 0 Å². The van der Waals surface area contributed by atoms with E-state index in [1.54, 1.807) is 48.5 Å². The van der Waals surface area contributed by atoms with Gasteiger partial charge in [-0.2, -0.15) is 0 Å². The summed E-state index contributed by atoms with van der Waals surface area (Å²) >= 11 is 0. The fourth-order valence-electron chi connectivity index (χ4n) is 1.72. The number of rotatable bonds is 4. The lowest BCUT2D eigenvalue weighted by Crippen LogP contribution is -2.27. The minimum absolute atomic E-state index is 0.134. The van der Waals surface area contributed by atoms with Gasteiger partial charge < -0.3 is 5.32 Å². The molecule has 0 spiro atoms. The molecule has 2 aromatic carbocycles. The average molecular weight is 268 g/mol. The van der Waals surface area contributed by atoms with Gasteiger partial charge in [0, 0.05) is 16.8 Å². The number of nitrogens with one attached hydrogen (secondary N) is 2. The third kappa shape index (κ3) is 3.29. The molecule has 0 aliphatic rings. The summed E-state index contributed by atoms with van der Waals surface area (Å²) in [5.74, 6) is -0.134. The van der Waals surface area contributed by atoms with Crippen molar-refractivity contribution in [3.05, 3.63) is 65.7 Å². The number of hydrogen-bond acceptors (Lipinski definition) is 3. The fourth-order valence-corrected chi connectivity index (χ4v) is 1.72. The zero-order valence-corrected chi connectivity index (χ0v) is 10.5. The highest BCUT2D eigenvalue weighted by Gasteiger charge is 2.09. The highest BCUT2D eigenvalue weighted by Crippen LogP contribution is 2.14. The van der Waals surface area contributed by atoms with E-state index in [2.05, 4.69) is 5.32 Å². The quantitative estimate of drug-likeness (QED) is 0.659. The van der Waals surface area contributed by atoms with Gasteiger partial charge in [0.05, 0.1) is 0 Å². The standard InChI is InChI=1S/C15H12N2O3/c18-10-16-15(20)17-13-8-4-7-12(9-13)14(19)11-5-2-1-3-6-11/h1-10H,(H2,16,17,18,20). The van der Waals surface area contributed by atoms with Crippen molar-refractivity contribution in [1.82, 2.24) is 5.32 Å². The predicted octanol–water partition coefficient (Wildman–Crippen LogP) is 2.20. The van der Waals surface area contributed by atoms with Crippen LogP contribution in [0.5, 0.6) is 0 Å². The second-order valence-corrected chi connectivity index (χ2v) is 3.99. The van der Waals surface area contributed by atoms with Gasteiger partial charge in [-0.1, -0.05) is 42.5 Å². The Bertz CT molecular complexity index is 639. The maximum Gasteiger partial charge on any atom is 0.325 e. The van der Waals surface area contributed by atoms with Gasteiger partial charge in [0.2, 0.25) is 6.41 Å². The number of anilines is 1. The number of amides is 3. The van der Waals surface area contributed by atoms with Crippen LogP contribution in [0.3, 0.4) is 0 Å². The third-order valence-corrected chi connectivity index (χ3v) is 2.61. The van der Waals surface area contributed by atoms with E-state index < -0.39 is 6.03 Å². The van der Waals surface area contributed by atoms with Gasteiger partial charge in [-0.15, -0.1) is 0 Å². The number of ketones is 1. The van der Waals surface area contributed by atoms with Crippen LogP contribution in [0.15, 0.2) is 54.6 Å². The summed E-state index contributed by atoms with van der Waals surface area (Å²) in [7, 11) is 0. The second-order valence-electron chi connectivity index (χ2n) is 3.99. The van der Waals surface area contributed by atoms with E-state index in [9.17, 15) is 14.4 Å². The fraction of sp³-hybridized carbons (Fsp3) is 0. The molecule has 0 saturated heterocycles. The maximum atomic E-state index is 12.2. The molecule has 100 valence electrons. The van der Waals surface area contributed by atoms with E-state index in [0.29, 0.717) is 16.8 Å². The third-order valence-electron chi connectivity index (χ3n) is 2.61. The molecule has 0 fully saturated rings. The summed E-state index contributed by atoms with van der Waals surface area (Å²) in [6.07, 6.45) is 0.286. The number of carbonyl (C=O) groups excluding carboxylic acids is 3. The molecular formula is C15H12N2O3. The summed E-state index contributed by atoms with van der Waals surface area (Å²) < 4.78 is 0. The Hall–Kier alpha value is -2.95. The summed E-state index contributed by atoms with van der Waals surface area (Å²) in [5.41, 5.74) is 1.47. The Labute approximate surface area is 115 Å². The molecule has 2 N–H and O–H groups in total. The largest absolute Gasteiger partial charge is 0.325 e. The van der Waals surface area contributed by atoms with Crippen LogP contribution in [0.2, 0.25) is 0 Å². The molecular weight excluding hydrogens is 256 g/mol. The lowest BCUT2D eigenvalue weighted by Gasteiger charge is -2.06. The Morgan fingerprint density at radius 1 is 0.900 bits per heavy atom. The van der Waals surface area contributed by atoms with Crippen molar-refractivity contribution in [3.8, 4) is 0 Å². The Morgan fingerprint density at radius 3 is 2.30 bits per heavy atom. The molecule has 0 aliphatic carbocycles. The van der Waals surface area contributed by atoms with E-state index in [0.717, 1.165) is 0 Å². The van der Waals surface area contributed by atoms with Gasteiger partial charge in [0.1, 0.15) is 0 Å². The van der Waals surface area contributed by atoms with Gasteiger partial charge >= 0.3 is 6.03 Å². The van der Waals surface area contributed by atoms with Crippen LogP contribution in [0.1, 0.15) is 15.9 Å².